The first-order valence-electron chi connectivity index (χ1n) is 7.67. The van der Waals surface area contributed by atoms with Crippen LogP contribution in [0, 0.1) is 11.3 Å². The lowest BCUT2D eigenvalue weighted by Crippen LogP contribution is -2.27. The van der Waals surface area contributed by atoms with E-state index in [0.29, 0.717) is 22.5 Å². The van der Waals surface area contributed by atoms with Crippen molar-refractivity contribution in [3.05, 3.63) is 71.4 Å². The lowest BCUT2D eigenvalue weighted by Gasteiger charge is -2.16. The van der Waals surface area contributed by atoms with Crippen LogP contribution in [-0.4, -0.2) is 22.1 Å². The van der Waals surface area contributed by atoms with E-state index >= 15 is 0 Å². The number of carbonyl (C=O) groups is 2. The van der Waals surface area contributed by atoms with Crippen molar-refractivity contribution in [2.24, 2.45) is 0 Å². The third-order valence-corrected chi connectivity index (χ3v) is 3.47. The molecule has 1 atom stereocenters. The molecule has 0 heterocycles. The second-order valence-electron chi connectivity index (χ2n) is 5.51. The van der Waals surface area contributed by atoms with Crippen molar-refractivity contribution in [1.29, 1.82) is 5.26 Å². The van der Waals surface area contributed by atoms with Crippen LogP contribution in [0.15, 0.2) is 60.3 Å². The van der Waals surface area contributed by atoms with Crippen molar-refractivity contribution in [3.8, 4) is 11.8 Å². The van der Waals surface area contributed by atoms with Crippen molar-refractivity contribution in [3.63, 3.8) is 0 Å². The fraction of sp³-hybridized carbons (Fsp3) is 0.105. The van der Waals surface area contributed by atoms with Crippen molar-refractivity contribution >= 4 is 17.6 Å². The van der Waals surface area contributed by atoms with Gasteiger partial charge in [-0.1, -0.05) is 12.1 Å². The number of nitriles is 1. The molecule has 0 aromatic heterocycles. The molecule has 132 valence electrons. The van der Waals surface area contributed by atoms with Gasteiger partial charge in [0.15, 0.2) is 0 Å². The van der Waals surface area contributed by atoms with Crippen molar-refractivity contribution < 1.29 is 19.8 Å². The molecule has 0 saturated heterocycles. The third-order valence-electron chi connectivity index (χ3n) is 3.47. The molecular weight excluding hydrogens is 334 g/mol. The Hall–Kier alpha value is -3.79. The predicted octanol–water partition coefficient (Wildman–Crippen LogP) is 2.52. The molecule has 1 unspecified atom stereocenters. The number of carboxylic acids is 1. The van der Waals surface area contributed by atoms with Gasteiger partial charge < -0.3 is 20.8 Å². The van der Waals surface area contributed by atoms with E-state index in [1.54, 1.807) is 31.2 Å². The van der Waals surface area contributed by atoms with Gasteiger partial charge in [0.25, 0.3) is 0 Å². The van der Waals surface area contributed by atoms with E-state index in [9.17, 15) is 19.8 Å². The van der Waals surface area contributed by atoms with Gasteiger partial charge >= 0.3 is 5.97 Å². The number of phenolic OH excluding ortho intramolecular Hbond substituents is 1. The summed E-state index contributed by atoms with van der Waals surface area (Å²) in [6, 6.07) is 13.1. The van der Waals surface area contributed by atoms with Crippen LogP contribution in [0.1, 0.15) is 24.1 Å². The minimum atomic E-state index is -1.11. The molecular formula is C19H17N3O4. The first-order chi connectivity index (χ1) is 12.4. The van der Waals surface area contributed by atoms with Gasteiger partial charge in [0.1, 0.15) is 11.8 Å². The zero-order chi connectivity index (χ0) is 19.1. The topological polar surface area (TPSA) is 122 Å². The van der Waals surface area contributed by atoms with Gasteiger partial charge in [-0.3, -0.25) is 4.79 Å². The molecule has 26 heavy (non-hydrogen) atoms. The number of amides is 1. The van der Waals surface area contributed by atoms with E-state index in [1.165, 1.54) is 30.3 Å². The van der Waals surface area contributed by atoms with Crippen LogP contribution in [-0.2, 0) is 9.59 Å². The number of nitrogens with zero attached hydrogens (tertiary/aromatic N) is 1. The fourth-order valence-electron chi connectivity index (χ4n) is 2.23. The first-order valence-corrected chi connectivity index (χ1v) is 7.67. The summed E-state index contributed by atoms with van der Waals surface area (Å²) < 4.78 is 0. The summed E-state index contributed by atoms with van der Waals surface area (Å²) in [7, 11) is 0. The summed E-state index contributed by atoms with van der Waals surface area (Å²) in [6.45, 7) is 1.58. The number of aromatic hydroxyl groups is 1. The number of anilines is 1. The van der Waals surface area contributed by atoms with Crippen molar-refractivity contribution in [1.82, 2.24) is 5.32 Å². The molecule has 1 amide bonds. The Labute approximate surface area is 150 Å². The zero-order valence-electron chi connectivity index (χ0n) is 13.9. The van der Waals surface area contributed by atoms with Gasteiger partial charge in [0, 0.05) is 17.5 Å². The maximum absolute atomic E-state index is 12.0. The number of carbonyl (C=O) groups excluding carboxylic acids is 1. The third kappa shape index (κ3) is 5.11. The molecule has 0 saturated carbocycles. The van der Waals surface area contributed by atoms with Gasteiger partial charge in [0.2, 0.25) is 5.91 Å². The van der Waals surface area contributed by atoms with Gasteiger partial charge in [-0.2, -0.15) is 5.26 Å². The monoisotopic (exact) mass is 351 g/mol. The highest BCUT2D eigenvalue weighted by Crippen LogP contribution is 2.18. The molecule has 7 heteroatoms. The SMILES string of the molecule is CC(=CC(=O)Nc1ccc(C#N)cc1)NC(C(=O)O)c1ccc(O)cc1. The van der Waals surface area contributed by atoms with E-state index in [-0.39, 0.29) is 5.75 Å². The largest absolute Gasteiger partial charge is 0.508 e. The van der Waals surface area contributed by atoms with Gasteiger partial charge in [-0.05, 0) is 48.9 Å². The summed E-state index contributed by atoms with van der Waals surface area (Å²) in [5, 5.41) is 32.8. The number of carboxylic acid groups (broad SMARTS) is 1. The van der Waals surface area contributed by atoms with Crippen molar-refractivity contribution in [2.75, 3.05) is 5.32 Å². The van der Waals surface area contributed by atoms with Crippen LogP contribution in [0.4, 0.5) is 5.69 Å². The van der Waals surface area contributed by atoms with Gasteiger partial charge in [-0.15, -0.1) is 0 Å². The summed E-state index contributed by atoms with van der Waals surface area (Å²) in [6.07, 6.45) is 1.24. The summed E-state index contributed by atoms with van der Waals surface area (Å²) in [4.78, 5) is 23.5. The molecule has 2 aromatic rings. The Bertz CT molecular complexity index is 865. The van der Waals surface area contributed by atoms with Crippen LogP contribution < -0.4 is 10.6 Å². The number of nitrogens with one attached hydrogen (secondary N) is 2. The van der Waals surface area contributed by atoms with Crippen molar-refractivity contribution in [2.45, 2.75) is 13.0 Å². The standard InChI is InChI=1S/C19H17N3O4/c1-12(10-17(24)22-15-6-2-13(11-20)3-7-15)21-18(19(25)26)14-4-8-16(23)9-5-14/h2-10,18,21,23H,1H3,(H,22,24)(H,25,26). The fourth-order valence-corrected chi connectivity index (χ4v) is 2.23. The molecule has 0 radical (unpaired) electrons. The number of phenols is 1. The number of aliphatic carboxylic acids is 1. The molecule has 0 bridgehead atoms. The average molecular weight is 351 g/mol. The summed E-state index contributed by atoms with van der Waals surface area (Å²) in [5.41, 5.74) is 1.80. The second kappa shape index (κ2) is 8.35. The number of rotatable bonds is 6. The molecule has 0 aliphatic heterocycles. The zero-order valence-corrected chi connectivity index (χ0v) is 13.9. The molecule has 0 fully saturated rings. The second-order valence-corrected chi connectivity index (χ2v) is 5.51. The first kappa shape index (κ1) is 18.5. The quantitative estimate of drug-likeness (QED) is 0.593. The van der Waals surface area contributed by atoms with E-state index in [4.69, 9.17) is 5.26 Å². The predicted molar refractivity (Wildman–Crippen MR) is 95.2 cm³/mol. The Kier molecular flexibility index (Phi) is 5.96. The number of hydrogen-bond acceptors (Lipinski definition) is 5. The highest BCUT2D eigenvalue weighted by Gasteiger charge is 2.19. The van der Waals surface area contributed by atoms with Gasteiger partial charge in [-0.25, -0.2) is 4.79 Å². The molecule has 2 rings (SSSR count). The Balaban J connectivity index is 2.06. The lowest BCUT2D eigenvalue weighted by atomic mass is 10.1. The maximum atomic E-state index is 12.0. The average Bonchev–Trinajstić information content (AvgIpc) is 2.61. The molecule has 7 nitrogen and oxygen atoms in total. The van der Waals surface area contributed by atoms with Crippen LogP contribution in [0.3, 0.4) is 0 Å². The van der Waals surface area contributed by atoms with E-state index in [1.807, 2.05) is 6.07 Å². The highest BCUT2D eigenvalue weighted by molar-refractivity contribution is 5.99. The molecule has 0 spiro atoms. The smallest absolute Gasteiger partial charge is 0.330 e. The molecule has 0 aliphatic carbocycles. The van der Waals surface area contributed by atoms with Crippen LogP contribution in [0.5, 0.6) is 5.75 Å². The Morgan fingerprint density at radius 3 is 2.27 bits per heavy atom. The Morgan fingerprint density at radius 2 is 1.73 bits per heavy atom. The molecule has 4 N–H and O–H groups in total. The van der Waals surface area contributed by atoms with E-state index in [2.05, 4.69) is 10.6 Å². The normalized spacial score (nSPS) is 11.9. The number of benzene rings is 2. The molecule has 2 aromatic carbocycles. The minimum absolute atomic E-state index is 0.0342. The van der Waals surface area contributed by atoms with E-state index < -0.39 is 17.9 Å². The number of hydrogen-bond donors (Lipinski definition) is 4. The number of allylic oxidation sites excluding steroid dienone is 1. The van der Waals surface area contributed by atoms with Crippen LogP contribution in [0.25, 0.3) is 0 Å². The highest BCUT2D eigenvalue weighted by atomic mass is 16.4. The summed E-state index contributed by atoms with van der Waals surface area (Å²) >= 11 is 0. The summed E-state index contributed by atoms with van der Waals surface area (Å²) in [5.74, 6) is -1.52. The van der Waals surface area contributed by atoms with E-state index in [0.717, 1.165) is 0 Å². The lowest BCUT2D eigenvalue weighted by molar-refractivity contribution is -0.139. The van der Waals surface area contributed by atoms with Crippen LogP contribution >= 0.6 is 0 Å². The minimum Gasteiger partial charge on any atom is -0.508 e. The van der Waals surface area contributed by atoms with Gasteiger partial charge in [0.05, 0.1) is 11.6 Å². The van der Waals surface area contributed by atoms with Crippen LogP contribution in [0.2, 0.25) is 0 Å². The Morgan fingerprint density at radius 1 is 1.12 bits per heavy atom. The molecule has 0 aliphatic rings. The maximum Gasteiger partial charge on any atom is 0.330 e.